The number of likely N-dealkylation sites (N-methyl/N-ethyl adjacent to an activating group) is 1. The van der Waals surface area contributed by atoms with Crippen molar-refractivity contribution in [3.63, 3.8) is 0 Å². The summed E-state index contributed by atoms with van der Waals surface area (Å²) in [5.41, 5.74) is 3.51. The van der Waals surface area contributed by atoms with Crippen molar-refractivity contribution in [1.29, 1.82) is 0 Å². The number of hydrogen-bond donors (Lipinski definition) is 1. The molecule has 220 valence electrons. The monoisotopic (exact) mass is 576 g/mol. The molecule has 0 fully saturated rings. The minimum Gasteiger partial charge on any atom is -0.484 e. The molecule has 1 N–H and O–H groups in total. The highest BCUT2D eigenvalue weighted by Gasteiger charge is 2.17. The van der Waals surface area contributed by atoms with E-state index in [1.54, 1.807) is 47.5 Å². The SMILES string of the molecule is CC.CC(C)(C)c1ccccc1.CCN(C(=O)COc1ccc(Cl)cc1)c1ccccc1CN/C=C\C=C\C(C)=O. The molecule has 3 aromatic carbocycles. The summed E-state index contributed by atoms with van der Waals surface area (Å²) in [6.07, 6.45) is 6.69. The van der Waals surface area contributed by atoms with Crippen LogP contribution in [0.4, 0.5) is 5.69 Å². The van der Waals surface area contributed by atoms with Crippen LogP contribution in [0.5, 0.6) is 5.75 Å². The number of amides is 1. The first-order valence-corrected chi connectivity index (χ1v) is 14.4. The summed E-state index contributed by atoms with van der Waals surface area (Å²) in [5.74, 6) is 0.463. The molecule has 0 aliphatic rings. The van der Waals surface area contributed by atoms with E-state index in [9.17, 15) is 9.59 Å². The van der Waals surface area contributed by atoms with Crippen LogP contribution in [0.3, 0.4) is 0 Å². The number of nitrogens with one attached hydrogen (secondary N) is 1. The number of anilines is 1. The summed E-state index contributed by atoms with van der Waals surface area (Å²) >= 11 is 5.87. The number of allylic oxidation sites excluding steroid dienone is 3. The summed E-state index contributed by atoms with van der Waals surface area (Å²) in [6, 6.07) is 25.2. The maximum absolute atomic E-state index is 12.7. The molecule has 0 radical (unpaired) electrons. The fourth-order valence-electron chi connectivity index (χ4n) is 3.58. The lowest BCUT2D eigenvalue weighted by Crippen LogP contribution is -2.35. The van der Waals surface area contributed by atoms with Crippen molar-refractivity contribution in [2.75, 3.05) is 18.1 Å². The van der Waals surface area contributed by atoms with Gasteiger partial charge in [-0.1, -0.05) is 101 Å². The first kappa shape index (κ1) is 35.2. The zero-order valence-corrected chi connectivity index (χ0v) is 26.2. The van der Waals surface area contributed by atoms with Gasteiger partial charge >= 0.3 is 0 Å². The molecule has 0 saturated carbocycles. The molecule has 0 aliphatic carbocycles. The van der Waals surface area contributed by atoms with Crippen molar-refractivity contribution >= 4 is 29.0 Å². The van der Waals surface area contributed by atoms with E-state index in [-0.39, 0.29) is 18.3 Å². The number of carbonyl (C=O) groups is 2. The van der Waals surface area contributed by atoms with Crippen LogP contribution in [0.15, 0.2) is 103 Å². The summed E-state index contributed by atoms with van der Waals surface area (Å²) in [7, 11) is 0. The van der Waals surface area contributed by atoms with E-state index >= 15 is 0 Å². The Morgan fingerprint density at radius 2 is 1.51 bits per heavy atom. The topological polar surface area (TPSA) is 58.6 Å². The number of nitrogens with zero attached hydrogens (tertiary/aromatic N) is 1. The minimum absolute atomic E-state index is 0.00193. The molecule has 0 spiro atoms. The number of carbonyl (C=O) groups excluding carboxylic acids is 2. The fraction of sp³-hybridized carbons (Fsp3) is 0.314. The third kappa shape index (κ3) is 13.9. The highest BCUT2D eigenvalue weighted by molar-refractivity contribution is 6.30. The van der Waals surface area contributed by atoms with Crippen LogP contribution in [0.2, 0.25) is 5.02 Å². The molecule has 0 aromatic heterocycles. The van der Waals surface area contributed by atoms with Gasteiger partial charge in [-0.2, -0.15) is 0 Å². The van der Waals surface area contributed by atoms with Crippen molar-refractivity contribution in [3.05, 3.63) is 119 Å². The highest BCUT2D eigenvalue weighted by Crippen LogP contribution is 2.22. The van der Waals surface area contributed by atoms with E-state index in [4.69, 9.17) is 16.3 Å². The van der Waals surface area contributed by atoms with Gasteiger partial charge in [0.2, 0.25) is 0 Å². The molecule has 1 amide bonds. The second-order valence-corrected chi connectivity index (χ2v) is 10.3. The van der Waals surface area contributed by atoms with Gasteiger partial charge in [0.25, 0.3) is 5.91 Å². The van der Waals surface area contributed by atoms with Crippen LogP contribution in [0, 0.1) is 0 Å². The molecule has 0 heterocycles. The Morgan fingerprint density at radius 1 is 0.902 bits per heavy atom. The van der Waals surface area contributed by atoms with Crippen molar-refractivity contribution in [2.24, 2.45) is 0 Å². The molecule has 0 atom stereocenters. The Bertz CT molecular complexity index is 1230. The lowest BCUT2D eigenvalue weighted by atomic mass is 9.87. The van der Waals surface area contributed by atoms with Crippen LogP contribution >= 0.6 is 11.6 Å². The van der Waals surface area contributed by atoms with Crippen molar-refractivity contribution < 1.29 is 14.3 Å². The molecule has 6 heteroatoms. The lowest BCUT2D eigenvalue weighted by molar-refractivity contribution is -0.120. The van der Waals surface area contributed by atoms with Gasteiger partial charge in [0.15, 0.2) is 12.4 Å². The summed E-state index contributed by atoms with van der Waals surface area (Å²) in [5, 5.41) is 3.79. The van der Waals surface area contributed by atoms with Crippen LogP contribution in [-0.2, 0) is 21.5 Å². The normalized spacial score (nSPS) is 10.7. The zero-order valence-electron chi connectivity index (χ0n) is 25.5. The van der Waals surface area contributed by atoms with Crippen LogP contribution in [0.25, 0.3) is 0 Å². The molecule has 41 heavy (non-hydrogen) atoms. The number of ketones is 1. The average molecular weight is 577 g/mol. The Balaban J connectivity index is 0.000000584. The molecule has 0 bridgehead atoms. The molecule has 3 rings (SSSR count). The van der Waals surface area contributed by atoms with E-state index < -0.39 is 0 Å². The lowest BCUT2D eigenvalue weighted by Gasteiger charge is -2.24. The molecule has 5 nitrogen and oxygen atoms in total. The van der Waals surface area contributed by atoms with Gasteiger partial charge in [-0.15, -0.1) is 0 Å². The summed E-state index contributed by atoms with van der Waals surface area (Å²) < 4.78 is 5.60. The van der Waals surface area contributed by atoms with E-state index in [1.165, 1.54) is 18.6 Å². The predicted molar refractivity (Wildman–Crippen MR) is 174 cm³/mol. The van der Waals surface area contributed by atoms with Crippen LogP contribution in [-0.4, -0.2) is 24.8 Å². The maximum atomic E-state index is 12.7. The average Bonchev–Trinajstić information content (AvgIpc) is 2.97. The van der Waals surface area contributed by atoms with Gasteiger partial charge in [-0.3, -0.25) is 9.59 Å². The molecule has 0 saturated heterocycles. The minimum atomic E-state index is -0.130. The second-order valence-electron chi connectivity index (χ2n) is 9.84. The quantitative estimate of drug-likeness (QED) is 0.194. The molecule has 3 aromatic rings. The van der Waals surface area contributed by atoms with E-state index in [0.29, 0.717) is 29.3 Å². The molecule has 0 unspecified atom stereocenters. The smallest absolute Gasteiger partial charge is 0.264 e. The van der Waals surface area contributed by atoms with Gasteiger partial charge < -0.3 is 15.0 Å². The molecule has 0 aliphatic heterocycles. The van der Waals surface area contributed by atoms with Crippen LogP contribution < -0.4 is 15.0 Å². The number of benzene rings is 3. The van der Waals surface area contributed by atoms with Gasteiger partial charge in [0.1, 0.15) is 5.75 Å². The zero-order chi connectivity index (χ0) is 30.7. The number of halogens is 1. The third-order valence-electron chi connectivity index (χ3n) is 5.66. The molecular formula is C35H45ClN2O3. The number of para-hydroxylation sites is 1. The standard InChI is InChI=1S/C23H25ClN2O3.C10H14.C2H6/c1-3-26(23(28)17-29-21-13-11-20(24)12-14-21)22-10-5-4-9-19(22)16-25-15-7-6-8-18(2)27;1-10(2,3)9-7-5-4-6-8-9;1-2/h4-15,25H,3,16-17H2,1-2H3;4-8H,1-3H3;1-2H3/b8-6+,15-7-;;. The van der Waals surface area contributed by atoms with Crippen molar-refractivity contribution in [2.45, 2.75) is 60.4 Å². The van der Waals surface area contributed by atoms with Gasteiger partial charge in [0, 0.05) is 23.8 Å². The Morgan fingerprint density at radius 3 is 2.07 bits per heavy atom. The fourth-order valence-corrected chi connectivity index (χ4v) is 3.71. The second kappa shape index (κ2) is 19.3. The van der Waals surface area contributed by atoms with Crippen LogP contribution in [0.1, 0.15) is 59.6 Å². The number of hydrogen-bond acceptors (Lipinski definition) is 4. The Hall–Kier alpha value is -3.83. The first-order valence-electron chi connectivity index (χ1n) is 14.0. The van der Waals surface area contributed by atoms with Gasteiger partial charge in [-0.25, -0.2) is 0 Å². The Kier molecular flexibility index (Phi) is 16.6. The van der Waals surface area contributed by atoms with E-state index in [1.807, 2.05) is 45.0 Å². The maximum Gasteiger partial charge on any atom is 0.264 e. The third-order valence-corrected chi connectivity index (χ3v) is 5.92. The van der Waals surface area contributed by atoms with Gasteiger partial charge in [0.05, 0.1) is 0 Å². The van der Waals surface area contributed by atoms with Gasteiger partial charge in [-0.05, 0) is 79.1 Å². The molecular weight excluding hydrogens is 532 g/mol. The van der Waals surface area contributed by atoms with Crippen molar-refractivity contribution in [3.8, 4) is 5.75 Å². The number of rotatable bonds is 10. The van der Waals surface area contributed by atoms with E-state index in [2.05, 4.69) is 56.4 Å². The predicted octanol–water partition coefficient (Wildman–Crippen LogP) is 8.53. The Labute approximate surface area is 251 Å². The first-order chi connectivity index (χ1) is 19.6. The van der Waals surface area contributed by atoms with E-state index in [0.717, 1.165) is 11.3 Å². The number of ether oxygens (including phenoxy) is 1. The van der Waals surface area contributed by atoms with Crippen molar-refractivity contribution in [1.82, 2.24) is 5.32 Å². The summed E-state index contributed by atoms with van der Waals surface area (Å²) in [6.45, 7) is 15.1. The summed E-state index contributed by atoms with van der Waals surface area (Å²) in [4.78, 5) is 25.3. The largest absolute Gasteiger partial charge is 0.484 e. The highest BCUT2D eigenvalue weighted by atomic mass is 35.5.